The maximum Gasteiger partial charge on any atom is 0.170 e. The van der Waals surface area contributed by atoms with E-state index in [0.717, 1.165) is 42.6 Å². The molecular formula is C15H25N5O. The number of oxime groups is 1. The second-order valence-electron chi connectivity index (χ2n) is 6.03. The Morgan fingerprint density at radius 3 is 2.67 bits per heavy atom. The summed E-state index contributed by atoms with van der Waals surface area (Å²) in [5.74, 6) is 1.80. The second kappa shape index (κ2) is 6.76. The summed E-state index contributed by atoms with van der Waals surface area (Å²) < 4.78 is 0. The molecule has 21 heavy (non-hydrogen) atoms. The molecule has 3 N–H and O–H groups in total. The summed E-state index contributed by atoms with van der Waals surface area (Å²) in [6, 6.07) is 3.73. The SMILES string of the molecule is Cc1cc(/C(N)=N/O)cc(N2CCC(CN(C)C)CC2)n1. The number of amidine groups is 1. The molecule has 1 aliphatic heterocycles. The maximum atomic E-state index is 8.82. The third-order valence-corrected chi connectivity index (χ3v) is 3.91. The highest BCUT2D eigenvalue weighted by molar-refractivity contribution is 5.97. The van der Waals surface area contributed by atoms with Crippen molar-refractivity contribution in [2.45, 2.75) is 19.8 Å². The minimum atomic E-state index is 0.129. The van der Waals surface area contributed by atoms with Crippen LogP contribution in [0.3, 0.4) is 0 Å². The molecule has 0 aromatic carbocycles. The van der Waals surface area contributed by atoms with Crippen LogP contribution in [-0.2, 0) is 0 Å². The number of rotatable bonds is 4. The number of nitrogens with zero attached hydrogens (tertiary/aromatic N) is 4. The summed E-state index contributed by atoms with van der Waals surface area (Å²) in [5, 5.41) is 11.9. The van der Waals surface area contributed by atoms with E-state index in [1.807, 2.05) is 19.1 Å². The Labute approximate surface area is 126 Å². The summed E-state index contributed by atoms with van der Waals surface area (Å²) >= 11 is 0. The molecule has 116 valence electrons. The van der Waals surface area contributed by atoms with Crippen molar-refractivity contribution in [1.82, 2.24) is 9.88 Å². The Hall–Kier alpha value is -1.82. The summed E-state index contributed by atoms with van der Waals surface area (Å²) in [6.45, 7) is 5.08. The van der Waals surface area contributed by atoms with Crippen LogP contribution in [0.4, 0.5) is 5.82 Å². The van der Waals surface area contributed by atoms with Crippen molar-refractivity contribution in [2.24, 2.45) is 16.8 Å². The topological polar surface area (TPSA) is 78.0 Å². The van der Waals surface area contributed by atoms with E-state index in [0.29, 0.717) is 0 Å². The van der Waals surface area contributed by atoms with Gasteiger partial charge >= 0.3 is 0 Å². The molecule has 1 aromatic heterocycles. The van der Waals surface area contributed by atoms with Crippen LogP contribution in [-0.4, -0.2) is 54.7 Å². The molecule has 6 nitrogen and oxygen atoms in total. The molecule has 0 amide bonds. The third kappa shape index (κ3) is 4.07. The van der Waals surface area contributed by atoms with Crippen molar-refractivity contribution in [3.8, 4) is 0 Å². The van der Waals surface area contributed by atoms with Crippen molar-refractivity contribution in [3.63, 3.8) is 0 Å². The summed E-state index contributed by atoms with van der Waals surface area (Å²) in [5.41, 5.74) is 7.28. The molecule has 0 spiro atoms. The van der Waals surface area contributed by atoms with E-state index < -0.39 is 0 Å². The first-order chi connectivity index (χ1) is 9.99. The van der Waals surface area contributed by atoms with E-state index in [1.54, 1.807) is 0 Å². The van der Waals surface area contributed by atoms with Gasteiger partial charge in [-0.15, -0.1) is 0 Å². The molecule has 1 aliphatic rings. The van der Waals surface area contributed by atoms with Gasteiger partial charge in [0.05, 0.1) is 0 Å². The Balaban J connectivity index is 2.08. The average molecular weight is 291 g/mol. The van der Waals surface area contributed by atoms with Gasteiger partial charge < -0.3 is 20.7 Å². The molecule has 0 aliphatic carbocycles. The first-order valence-electron chi connectivity index (χ1n) is 7.36. The Bertz CT molecular complexity index is 507. The number of aryl methyl sites for hydroxylation is 1. The van der Waals surface area contributed by atoms with Crippen molar-refractivity contribution >= 4 is 11.7 Å². The highest BCUT2D eigenvalue weighted by Crippen LogP contribution is 2.23. The first kappa shape index (κ1) is 15.6. The van der Waals surface area contributed by atoms with Gasteiger partial charge in [0.15, 0.2) is 5.84 Å². The van der Waals surface area contributed by atoms with Crippen LogP contribution in [0.15, 0.2) is 17.3 Å². The Morgan fingerprint density at radius 1 is 1.43 bits per heavy atom. The van der Waals surface area contributed by atoms with Gasteiger partial charge in [-0.1, -0.05) is 5.16 Å². The van der Waals surface area contributed by atoms with Gasteiger partial charge in [0.1, 0.15) is 5.82 Å². The minimum Gasteiger partial charge on any atom is -0.409 e. The second-order valence-corrected chi connectivity index (χ2v) is 6.03. The fraction of sp³-hybridized carbons (Fsp3) is 0.600. The number of pyridine rings is 1. The van der Waals surface area contributed by atoms with Crippen LogP contribution in [0, 0.1) is 12.8 Å². The predicted molar refractivity (Wildman–Crippen MR) is 85.0 cm³/mol. The van der Waals surface area contributed by atoms with E-state index in [4.69, 9.17) is 10.9 Å². The Morgan fingerprint density at radius 2 is 2.10 bits per heavy atom. The van der Waals surface area contributed by atoms with E-state index in [9.17, 15) is 0 Å². The van der Waals surface area contributed by atoms with Crippen molar-refractivity contribution in [1.29, 1.82) is 0 Å². The zero-order valence-electron chi connectivity index (χ0n) is 13.1. The number of piperidine rings is 1. The number of aromatic nitrogens is 1. The lowest BCUT2D eigenvalue weighted by Gasteiger charge is -2.34. The van der Waals surface area contributed by atoms with Crippen LogP contribution < -0.4 is 10.6 Å². The lowest BCUT2D eigenvalue weighted by atomic mass is 9.96. The van der Waals surface area contributed by atoms with Gasteiger partial charge in [0.2, 0.25) is 0 Å². The zero-order valence-corrected chi connectivity index (χ0v) is 13.1. The molecule has 1 saturated heterocycles. The largest absolute Gasteiger partial charge is 0.409 e. The molecule has 0 radical (unpaired) electrons. The molecule has 0 saturated carbocycles. The first-order valence-corrected chi connectivity index (χ1v) is 7.36. The molecule has 0 unspecified atom stereocenters. The van der Waals surface area contributed by atoms with Crippen molar-refractivity contribution in [3.05, 3.63) is 23.4 Å². The van der Waals surface area contributed by atoms with Crippen molar-refractivity contribution in [2.75, 3.05) is 38.6 Å². The molecule has 0 bridgehead atoms. The zero-order chi connectivity index (χ0) is 15.4. The highest BCUT2D eigenvalue weighted by atomic mass is 16.4. The molecule has 6 heteroatoms. The Kier molecular flexibility index (Phi) is 5.01. The van der Waals surface area contributed by atoms with Crippen LogP contribution in [0.5, 0.6) is 0 Å². The summed E-state index contributed by atoms with van der Waals surface area (Å²) in [6.07, 6.45) is 2.35. The molecule has 1 aromatic rings. The number of nitrogens with two attached hydrogens (primary N) is 1. The van der Waals surface area contributed by atoms with E-state index >= 15 is 0 Å². The van der Waals surface area contributed by atoms with Gasteiger partial charge in [-0.05, 0) is 51.9 Å². The minimum absolute atomic E-state index is 0.129. The van der Waals surface area contributed by atoms with Crippen LogP contribution in [0.25, 0.3) is 0 Å². The highest BCUT2D eigenvalue weighted by Gasteiger charge is 2.21. The summed E-state index contributed by atoms with van der Waals surface area (Å²) in [7, 11) is 4.25. The summed E-state index contributed by atoms with van der Waals surface area (Å²) in [4.78, 5) is 9.12. The third-order valence-electron chi connectivity index (χ3n) is 3.91. The van der Waals surface area contributed by atoms with Gasteiger partial charge in [-0.25, -0.2) is 4.98 Å². The smallest absolute Gasteiger partial charge is 0.170 e. The standard InChI is InChI=1S/C15H25N5O/c1-11-8-13(15(16)18-21)9-14(17-11)20-6-4-12(5-7-20)10-19(2)3/h8-9,12,21H,4-7,10H2,1-3H3,(H2,16,18). The molecular weight excluding hydrogens is 266 g/mol. The lowest BCUT2D eigenvalue weighted by molar-refractivity contribution is 0.284. The fourth-order valence-electron chi connectivity index (χ4n) is 2.88. The lowest BCUT2D eigenvalue weighted by Crippen LogP contribution is -2.37. The predicted octanol–water partition coefficient (Wildman–Crippen LogP) is 1.26. The van der Waals surface area contributed by atoms with E-state index in [-0.39, 0.29) is 5.84 Å². The average Bonchev–Trinajstić information content (AvgIpc) is 2.46. The molecule has 2 rings (SSSR count). The quantitative estimate of drug-likeness (QED) is 0.378. The monoisotopic (exact) mass is 291 g/mol. The van der Waals surface area contributed by atoms with E-state index in [1.165, 1.54) is 12.8 Å². The van der Waals surface area contributed by atoms with Crippen molar-refractivity contribution < 1.29 is 5.21 Å². The fourth-order valence-corrected chi connectivity index (χ4v) is 2.88. The number of hydrogen-bond acceptors (Lipinski definition) is 5. The van der Waals surface area contributed by atoms with Gasteiger partial charge in [-0.3, -0.25) is 0 Å². The molecule has 0 atom stereocenters. The van der Waals surface area contributed by atoms with Gasteiger partial charge in [0, 0.05) is 30.9 Å². The normalized spacial score (nSPS) is 17.5. The molecule has 1 fully saturated rings. The van der Waals surface area contributed by atoms with Gasteiger partial charge in [0.25, 0.3) is 0 Å². The van der Waals surface area contributed by atoms with Gasteiger partial charge in [-0.2, -0.15) is 0 Å². The number of anilines is 1. The van der Waals surface area contributed by atoms with E-state index in [2.05, 4.69) is 34.0 Å². The number of hydrogen-bond donors (Lipinski definition) is 2. The van der Waals surface area contributed by atoms with Crippen LogP contribution in [0.1, 0.15) is 24.1 Å². The van der Waals surface area contributed by atoms with Crippen LogP contribution in [0.2, 0.25) is 0 Å². The van der Waals surface area contributed by atoms with Crippen LogP contribution >= 0.6 is 0 Å². The maximum absolute atomic E-state index is 8.82. The molecule has 2 heterocycles.